The molecule has 2 rings (SSSR count). The smallest absolute Gasteiger partial charge is 0.265 e. The Kier molecular flexibility index (Phi) is 2.12. The van der Waals surface area contributed by atoms with E-state index in [1.807, 2.05) is 24.5 Å². The molecule has 1 aromatic carbocycles. The molecule has 2 aromatic rings. The Balaban J connectivity index is 2.56. The number of aromatic nitrogens is 1. The third-order valence-corrected chi connectivity index (χ3v) is 2.08. The van der Waals surface area contributed by atoms with Crippen LogP contribution in [0.5, 0.6) is 0 Å². The van der Waals surface area contributed by atoms with Crippen molar-refractivity contribution in [3.63, 3.8) is 0 Å². The first-order chi connectivity index (χ1) is 6.81. The average molecular weight is 188 g/mol. The van der Waals surface area contributed by atoms with E-state index in [4.69, 9.17) is 5.84 Å². The third-order valence-electron chi connectivity index (χ3n) is 2.08. The second-order valence-corrected chi connectivity index (χ2v) is 2.96. The van der Waals surface area contributed by atoms with Crippen molar-refractivity contribution >= 4 is 16.7 Å². The summed E-state index contributed by atoms with van der Waals surface area (Å²) in [5, 5.41) is 2.06. The number of benzene rings is 1. The predicted molar refractivity (Wildman–Crippen MR) is 52.2 cm³/mol. The fourth-order valence-corrected chi connectivity index (χ4v) is 1.35. The molecular weight excluding hydrogens is 178 g/mol. The molecule has 0 aliphatic rings. The van der Waals surface area contributed by atoms with Gasteiger partial charge in [0.25, 0.3) is 5.91 Å². The molecular formula is C10H10N3O+. The molecule has 4 heteroatoms. The van der Waals surface area contributed by atoms with Crippen LogP contribution in [0.25, 0.3) is 10.8 Å². The molecule has 4 nitrogen and oxygen atoms in total. The van der Waals surface area contributed by atoms with Crippen LogP contribution in [0.4, 0.5) is 0 Å². The molecule has 1 heterocycles. The SMILES string of the molecule is NNC(=O)c1ccc2cc[nH+]cc2c1. The van der Waals surface area contributed by atoms with Gasteiger partial charge in [-0.05, 0) is 17.5 Å². The topological polar surface area (TPSA) is 69.3 Å². The Labute approximate surface area is 80.7 Å². The second kappa shape index (κ2) is 3.43. The summed E-state index contributed by atoms with van der Waals surface area (Å²) >= 11 is 0. The highest BCUT2D eigenvalue weighted by atomic mass is 16.2. The minimum absolute atomic E-state index is 0.282. The maximum atomic E-state index is 11.2. The molecule has 14 heavy (non-hydrogen) atoms. The summed E-state index contributed by atoms with van der Waals surface area (Å²) in [6, 6.07) is 7.35. The summed E-state index contributed by atoms with van der Waals surface area (Å²) in [7, 11) is 0. The van der Waals surface area contributed by atoms with Crippen LogP contribution in [0.1, 0.15) is 10.4 Å². The van der Waals surface area contributed by atoms with Gasteiger partial charge in [0, 0.05) is 17.0 Å². The molecule has 0 aliphatic carbocycles. The average Bonchev–Trinajstić information content (AvgIpc) is 2.27. The number of carbonyl (C=O) groups excluding carboxylic acids is 1. The van der Waals surface area contributed by atoms with Gasteiger partial charge in [-0.1, -0.05) is 6.07 Å². The highest BCUT2D eigenvalue weighted by Crippen LogP contribution is 2.12. The van der Waals surface area contributed by atoms with Crippen molar-refractivity contribution in [3.05, 3.63) is 42.2 Å². The van der Waals surface area contributed by atoms with Gasteiger partial charge in [0.2, 0.25) is 0 Å². The van der Waals surface area contributed by atoms with Crippen molar-refractivity contribution in [1.82, 2.24) is 5.43 Å². The van der Waals surface area contributed by atoms with Crippen molar-refractivity contribution in [2.24, 2.45) is 5.84 Å². The maximum absolute atomic E-state index is 11.2. The van der Waals surface area contributed by atoms with E-state index in [9.17, 15) is 4.79 Å². The Morgan fingerprint density at radius 1 is 1.29 bits per heavy atom. The van der Waals surface area contributed by atoms with Gasteiger partial charge in [0.05, 0.1) is 0 Å². The molecule has 0 bridgehead atoms. The van der Waals surface area contributed by atoms with Crippen molar-refractivity contribution < 1.29 is 9.78 Å². The molecule has 0 unspecified atom stereocenters. The lowest BCUT2D eigenvalue weighted by Crippen LogP contribution is -2.29. The van der Waals surface area contributed by atoms with E-state index in [2.05, 4.69) is 10.4 Å². The maximum Gasteiger partial charge on any atom is 0.265 e. The molecule has 0 aliphatic heterocycles. The molecule has 4 N–H and O–H groups in total. The van der Waals surface area contributed by atoms with Crippen LogP contribution >= 0.6 is 0 Å². The Morgan fingerprint density at radius 3 is 2.93 bits per heavy atom. The largest absolute Gasteiger partial charge is 0.290 e. The minimum Gasteiger partial charge on any atom is -0.290 e. The molecule has 0 saturated carbocycles. The van der Waals surface area contributed by atoms with Gasteiger partial charge in [0.15, 0.2) is 12.4 Å². The molecule has 1 aromatic heterocycles. The van der Waals surface area contributed by atoms with Crippen LogP contribution in [0, 0.1) is 0 Å². The van der Waals surface area contributed by atoms with Gasteiger partial charge in [-0.15, -0.1) is 0 Å². The predicted octanol–water partition coefficient (Wildman–Crippen LogP) is 0.257. The summed E-state index contributed by atoms with van der Waals surface area (Å²) in [4.78, 5) is 14.2. The number of H-pyrrole nitrogens is 1. The monoisotopic (exact) mass is 188 g/mol. The molecule has 1 amide bonds. The lowest BCUT2D eigenvalue weighted by Gasteiger charge is -1.99. The summed E-state index contributed by atoms with van der Waals surface area (Å²) in [6.07, 6.45) is 3.67. The number of aromatic amines is 1. The lowest BCUT2D eigenvalue weighted by atomic mass is 10.1. The van der Waals surface area contributed by atoms with Crippen LogP contribution in [-0.2, 0) is 0 Å². The molecule has 0 atom stereocenters. The highest BCUT2D eigenvalue weighted by molar-refractivity contribution is 5.97. The van der Waals surface area contributed by atoms with Gasteiger partial charge < -0.3 is 0 Å². The normalized spacial score (nSPS) is 10.1. The number of hydrogen-bond donors (Lipinski definition) is 2. The lowest BCUT2D eigenvalue weighted by molar-refractivity contribution is -0.375. The zero-order valence-electron chi connectivity index (χ0n) is 7.45. The summed E-state index contributed by atoms with van der Waals surface area (Å²) < 4.78 is 0. The minimum atomic E-state index is -0.282. The molecule has 0 radical (unpaired) electrons. The van der Waals surface area contributed by atoms with E-state index in [0.29, 0.717) is 5.56 Å². The van der Waals surface area contributed by atoms with Gasteiger partial charge in [-0.2, -0.15) is 0 Å². The molecule has 0 spiro atoms. The number of nitrogen functional groups attached to an aromatic ring is 1. The van der Waals surface area contributed by atoms with E-state index in [1.165, 1.54) is 0 Å². The standard InChI is InChI=1S/C10H9N3O/c11-13-10(14)8-2-1-7-3-4-12-6-9(7)5-8/h1-6H,11H2,(H,13,14)/p+1. The first kappa shape index (κ1) is 8.65. The van der Waals surface area contributed by atoms with Gasteiger partial charge in [-0.25, -0.2) is 10.8 Å². The quantitative estimate of drug-likeness (QED) is 0.383. The molecule has 0 fully saturated rings. The summed E-state index contributed by atoms with van der Waals surface area (Å²) in [5.41, 5.74) is 2.65. The molecule has 0 saturated heterocycles. The fraction of sp³-hybridized carbons (Fsp3) is 0. The van der Waals surface area contributed by atoms with Gasteiger partial charge >= 0.3 is 0 Å². The number of amides is 1. The van der Waals surface area contributed by atoms with Crippen molar-refractivity contribution in [1.29, 1.82) is 0 Å². The first-order valence-electron chi connectivity index (χ1n) is 4.22. The number of nitrogens with two attached hydrogens (primary N) is 1. The van der Waals surface area contributed by atoms with Crippen LogP contribution in [0.3, 0.4) is 0 Å². The number of hydrazine groups is 1. The third kappa shape index (κ3) is 1.43. The molecule has 70 valence electrons. The number of carbonyl (C=O) groups is 1. The van der Waals surface area contributed by atoms with Crippen molar-refractivity contribution in [3.8, 4) is 0 Å². The number of rotatable bonds is 1. The Bertz CT molecular complexity index is 482. The zero-order valence-corrected chi connectivity index (χ0v) is 7.45. The van der Waals surface area contributed by atoms with Gasteiger partial charge in [-0.3, -0.25) is 10.2 Å². The van der Waals surface area contributed by atoms with Crippen LogP contribution in [0.15, 0.2) is 36.7 Å². The first-order valence-corrected chi connectivity index (χ1v) is 4.22. The van der Waals surface area contributed by atoms with Crippen molar-refractivity contribution in [2.45, 2.75) is 0 Å². The van der Waals surface area contributed by atoms with E-state index >= 15 is 0 Å². The van der Waals surface area contributed by atoms with E-state index in [1.54, 1.807) is 12.1 Å². The van der Waals surface area contributed by atoms with E-state index in [-0.39, 0.29) is 5.91 Å². The van der Waals surface area contributed by atoms with Crippen LogP contribution in [-0.4, -0.2) is 5.91 Å². The second-order valence-electron chi connectivity index (χ2n) is 2.96. The van der Waals surface area contributed by atoms with Crippen LogP contribution in [0.2, 0.25) is 0 Å². The Morgan fingerprint density at radius 2 is 2.14 bits per heavy atom. The number of hydrogen-bond acceptors (Lipinski definition) is 2. The highest BCUT2D eigenvalue weighted by Gasteiger charge is 2.04. The number of nitrogens with one attached hydrogen (secondary N) is 2. The Hall–Kier alpha value is -1.94. The van der Waals surface area contributed by atoms with Gasteiger partial charge in [0.1, 0.15) is 0 Å². The zero-order chi connectivity index (χ0) is 9.97. The summed E-state index contributed by atoms with van der Waals surface area (Å²) in [5.74, 6) is 4.76. The van der Waals surface area contributed by atoms with Crippen molar-refractivity contribution in [2.75, 3.05) is 0 Å². The van der Waals surface area contributed by atoms with E-state index in [0.717, 1.165) is 10.8 Å². The fourth-order valence-electron chi connectivity index (χ4n) is 1.35. The van der Waals surface area contributed by atoms with E-state index < -0.39 is 0 Å². The number of pyridine rings is 1. The number of fused-ring (bicyclic) bond motifs is 1. The van der Waals surface area contributed by atoms with Crippen LogP contribution < -0.4 is 16.3 Å². The summed E-state index contributed by atoms with van der Waals surface area (Å²) in [6.45, 7) is 0.